The second kappa shape index (κ2) is 9.11. The second-order valence-corrected chi connectivity index (χ2v) is 7.17. The standard InChI is InChI=1S/C22H18ClFN4O2/c23-18-9-16(3-4-19(18)24)30-13-15-8-21(29)17-5-7-27-20(22(17)28-15)12-26-11-14-2-1-6-25-10-14/h1-7,9-10,26H,8,11-13H2. The van der Waals surface area contributed by atoms with Gasteiger partial charge < -0.3 is 10.1 Å². The van der Waals surface area contributed by atoms with E-state index in [1.807, 2.05) is 12.1 Å². The van der Waals surface area contributed by atoms with Gasteiger partial charge in [0.2, 0.25) is 0 Å². The minimum Gasteiger partial charge on any atom is -0.488 e. The van der Waals surface area contributed by atoms with Crippen LogP contribution in [0.25, 0.3) is 0 Å². The normalized spacial score (nSPS) is 13.0. The zero-order chi connectivity index (χ0) is 20.9. The number of aliphatic imine (C=N–C) groups is 1. The molecular weight excluding hydrogens is 407 g/mol. The van der Waals surface area contributed by atoms with Crippen LogP contribution in [0.15, 0.2) is 60.0 Å². The highest BCUT2D eigenvalue weighted by Gasteiger charge is 2.23. The van der Waals surface area contributed by atoms with E-state index >= 15 is 0 Å². The fourth-order valence-electron chi connectivity index (χ4n) is 3.10. The lowest BCUT2D eigenvalue weighted by atomic mass is 10.00. The van der Waals surface area contributed by atoms with Gasteiger partial charge in [-0.25, -0.2) is 4.39 Å². The minimum absolute atomic E-state index is 0.0225. The number of Topliss-reactive ketones (excluding diaryl/α,β-unsaturated/α-hetero) is 1. The van der Waals surface area contributed by atoms with Gasteiger partial charge in [0.1, 0.15) is 18.2 Å². The lowest BCUT2D eigenvalue weighted by molar-refractivity contribution is 0.0998. The number of nitrogens with one attached hydrogen (secondary N) is 1. The Morgan fingerprint density at radius 3 is 2.87 bits per heavy atom. The van der Waals surface area contributed by atoms with Crippen LogP contribution in [0.2, 0.25) is 5.02 Å². The number of benzene rings is 1. The Morgan fingerprint density at radius 1 is 1.17 bits per heavy atom. The third-order valence-electron chi connectivity index (χ3n) is 4.58. The average Bonchev–Trinajstić information content (AvgIpc) is 2.76. The molecule has 3 heterocycles. The number of pyridine rings is 2. The van der Waals surface area contributed by atoms with E-state index < -0.39 is 5.82 Å². The largest absolute Gasteiger partial charge is 0.488 e. The maximum atomic E-state index is 13.3. The Labute approximate surface area is 177 Å². The molecule has 0 atom stereocenters. The van der Waals surface area contributed by atoms with E-state index in [0.29, 0.717) is 41.5 Å². The molecule has 2 aromatic heterocycles. The maximum absolute atomic E-state index is 13.3. The van der Waals surface area contributed by atoms with Gasteiger partial charge in [0, 0.05) is 43.3 Å². The summed E-state index contributed by atoms with van der Waals surface area (Å²) in [4.78, 5) is 25.7. The second-order valence-electron chi connectivity index (χ2n) is 6.76. The Balaban J connectivity index is 1.47. The number of carbonyl (C=O) groups is 1. The van der Waals surface area contributed by atoms with Crippen molar-refractivity contribution >= 4 is 28.8 Å². The molecule has 0 bridgehead atoms. The van der Waals surface area contributed by atoms with Crippen LogP contribution in [-0.4, -0.2) is 28.1 Å². The van der Waals surface area contributed by atoms with E-state index in [4.69, 9.17) is 16.3 Å². The van der Waals surface area contributed by atoms with Gasteiger partial charge in [0.25, 0.3) is 0 Å². The lowest BCUT2D eigenvalue weighted by Gasteiger charge is -2.17. The first-order valence-corrected chi connectivity index (χ1v) is 9.73. The molecule has 0 spiro atoms. The molecule has 4 rings (SSSR count). The number of ether oxygens (including phenoxy) is 1. The van der Waals surface area contributed by atoms with Crippen LogP contribution >= 0.6 is 11.6 Å². The van der Waals surface area contributed by atoms with Gasteiger partial charge in [-0.05, 0) is 29.8 Å². The van der Waals surface area contributed by atoms with Crippen molar-refractivity contribution in [2.24, 2.45) is 4.99 Å². The highest BCUT2D eigenvalue weighted by atomic mass is 35.5. The van der Waals surface area contributed by atoms with Crippen LogP contribution < -0.4 is 10.1 Å². The van der Waals surface area contributed by atoms with Gasteiger partial charge in [-0.2, -0.15) is 0 Å². The van der Waals surface area contributed by atoms with Crippen LogP contribution in [0, 0.1) is 5.82 Å². The number of fused-ring (bicyclic) bond motifs is 1. The molecule has 0 unspecified atom stereocenters. The molecule has 0 radical (unpaired) electrons. The van der Waals surface area contributed by atoms with E-state index in [2.05, 4.69) is 20.3 Å². The Hall–Kier alpha value is -3.16. The highest BCUT2D eigenvalue weighted by Crippen LogP contribution is 2.29. The maximum Gasteiger partial charge on any atom is 0.170 e. The molecule has 1 aromatic carbocycles. The highest BCUT2D eigenvalue weighted by molar-refractivity contribution is 6.30. The van der Waals surface area contributed by atoms with Crippen LogP contribution in [-0.2, 0) is 13.1 Å². The van der Waals surface area contributed by atoms with Crippen molar-refractivity contribution in [3.8, 4) is 5.75 Å². The molecule has 152 valence electrons. The topological polar surface area (TPSA) is 76.5 Å². The Morgan fingerprint density at radius 2 is 2.07 bits per heavy atom. The molecule has 1 aliphatic rings. The summed E-state index contributed by atoms with van der Waals surface area (Å²) in [5.74, 6) is -0.142. The van der Waals surface area contributed by atoms with Crippen LogP contribution in [0.5, 0.6) is 5.75 Å². The first-order chi connectivity index (χ1) is 14.6. The number of carbonyl (C=O) groups excluding carboxylic acids is 1. The number of halogens is 2. The van der Waals surface area contributed by atoms with Gasteiger partial charge in [-0.1, -0.05) is 17.7 Å². The average molecular weight is 425 g/mol. The van der Waals surface area contributed by atoms with Crippen LogP contribution in [0.3, 0.4) is 0 Å². The molecule has 0 fully saturated rings. The summed E-state index contributed by atoms with van der Waals surface area (Å²) in [6, 6.07) is 9.65. The first-order valence-electron chi connectivity index (χ1n) is 9.35. The molecular formula is C22H18ClFN4O2. The molecule has 0 saturated heterocycles. The zero-order valence-corrected chi connectivity index (χ0v) is 16.7. The number of nitrogens with zero attached hydrogens (tertiary/aromatic N) is 3. The first kappa shape index (κ1) is 20.1. The summed E-state index contributed by atoms with van der Waals surface area (Å²) in [5.41, 5.74) is 3.43. The molecule has 1 aliphatic heterocycles. The Bertz CT molecular complexity index is 1110. The number of hydrogen-bond acceptors (Lipinski definition) is 6. The summed E-state index contributed by atoms with van der Waals surface area (Å²) < 4.78 is 18.9. The van der Waals surface area contributed by atoms with Crippen molar-refractivity contribution in [3.63, 3.8) is 0 Å². The predicted molar refractivity (Wildman–Crippen MR) is 112 cm³/mol. The molecule has 1 N–H and O–H groups in total. The molecule has 0 aliphatic carbocycles. The van der Waals surface area contributed by atoms with E-state index in [1.165, 1.54) is 18.2 Å². The third kappa shape index (κ3) is 4.69. The van der Waals surface area contributed by atoms with Gasteiger partial charge in [0.15, 0.2) is 5.78 Å². The summed E-state index contributed by atoms with van der Waals surface area (Å²) in [6.45, 7) is 1.18. The summed E-state index contributed by atoms with van der Waals surface area (Å²) in [5, 5.41) is 3.28. The Kier molecular flexibility index (Phi) is 6.11. The van der Waals surface area contributed by atoms with Crippen molar-refractivity contribution in [2.75, 3.05) is 6.61 Å². The summed E-state index contributed by atoms with van der Waals surface area (Å²) in [7, 11) is 0. The van der Waals surface area contributed by atoms with Crippen molar-refractivity contribution in [1.82, 2.24) is 15.3 Å². The van der Waals surface area contributed by atoms with Crippen molar-refractivity contribution < 1.29 is 13.9 Å². The molecule has 3 aromatic rings. The predicted octanol–water partition coefficient (Wildman–Crippen LogP) is 4.30. The van der Waals surface area contributed by atoms with E-state index in [0.717, 1.165) is 5.56 Å². The molecule has 6 nitrogen and oxygen atoms in total. The quantitative estimate of drug-likeness (QED) is 0.612. The smallest absolute Gasteiger partial charge is 0.170 e. The van der Waals surface area contributed by atoms with Gasteiger partial charge in [-0.15, -0.1) is 0 Å². The number of rotatable bonds is 7. The number of aromatic nitrogens is 2. The summed E-state index contributed by atoms with van der Waals surface area (Å²) >= 11 is 5.78. The van der Waals surface area contributed by atoms with E-state index in [1.54, 1.807) is 24.7 Å². The number of hydrogen-bond donors (Lipinski definition) is 1. The zero-order valence-electron chi connectivity index (χ0n) is 15.9. The lowest BCUT2D eigenvalue weighted by Crippen LogP contribution is -2.21. The van der Waals surface area contributed by atoms with Crippen molar-refractivity contribution in [2.45, 2.75) is 19.5 Å². The fourth-order valence-corrected chi connectivity index (χ4v) is 3.27. The molecule has 8 heteroatoms. The monoisotopic (exact) mass is 424 g/mol. The van der Waals surface area contributed by atoms with Gasteiger partial charge in [0.05, 0.1) is 28.5 Å². The SMILES string of the molecule is O=C1CC(COc2ccc(F)c(Cl)c2)=Nc2c1ccnc2CNCc1cccnc1. The van der Waals surface area contributed by atoms with Crippen LogP contribution in [0.4, 0.5) is 10.1 Å². The molecule has 0 amide bonds. The minimum atomic E-state index is -0.516. The van der Waals surface area contributed by atoms with E-state index in [-0.39, 0.29) is 23.8 Å². The van der Waals surface area contributed by atoms with Crippen molar-refractivity contribution in [1.29, 1.82) is 0 Å². The third-order valence-corrected chi connectivity index (χ3v) is 4.87. The van der Waals surface area contributed by atoms with E-state index in [9.17, 15) is 9.18 Å². The number of ketones is 1. The molecule has 30 heavy (non-hydrogen) atoms. The van der Waals surface area contributed by atoms with Gasteiger partial charge >= 0.3 is 0 Å². The van der Waals surface area contributed by atoms with Gasteiger partial charge in [-0.3, -0.25) is 19.8 Å². The van der Waals surface area contributed by atoms with Crippen LogP contribution in [0.1, 0.15) is 28.0 Å². The van der Waals surface area contributed by atoms with Crippen molar-refractivity contribution in [3.05, 3.63) is 82.6 Å². The fraction of sp³-hybridized carbons (Fsp3) is 0.182. The molecule has 0 saturated carbocycles. The summed E-state index contributed by atoms with van der Waals surface area (Å²) in [6.07, 6.45) is 5.30.